The van der Waals surface area contributed by atoms with Crippen LogP contribution in [0.25, 0.3) is 0 Å². The van der Waals surface area contributed by atoms with Gasteiger partial charge in [0, 0.05) is 11.4 Å². The zero-order valence-electron chi connectivity index (χ0n) is 18.9. The molecule has 0 atom stereocenters. The lowest BCUT2D eigenvalue weighted by Gasteiger charge is -2.12. The Hall–Kier alpha value is -3.02. The summed E-state index contributed by atoms with van der Waals surface area (Å²) in [7, 11) is 0. The molecule has 0 heterocycles. The van der Waals surface area contributed by atoms with E-state index in [1.807, 2.05) is 12.1 Å². The van der Waals surface area contributed by atoms with Crippen molar-refractivity contribution in [2.45, 2.75) is 47.0 Å². The first-order valence-corrected chi connectivity index (χ1v) is 10.8. The van der Waals surface area contributed by atoms with Crippen LogP contribution in [0.2, 0.25) is 0 Å². The summed E-state index contributed by atoms with van der Waals surface area (Å²) in [4.78, 5) is 24.8. The summed E-state index contributed by atoms with van der Waals surface area (Å²) < 4.78 is 10.7. The predicted molar refractivity (Wildman–Crippen MR) is 124 cm³/mol. The van der Waals surface area contributed by atoms with Crippen LogP contribution >= 0.6 is 0 Å². The van der Waals surface area contributed by atoms with Crippen LogP contribution in [0.4, 0.5) is 11.4 Å². The Morgan fingerprint density at radius 3 is 1.48 bits per heavy atom. The summed E-state index contributed by atoms with van der Waals surface area (Å²) in [6, 6.07) is 10.6. The lowest BCUT2D eigenvalue weighted by atomic mass is 9.99. The number of anilines is 2. The minimum absolute atomic E-state index is 0.352. The molecule has 0 bridgehead atoms. The van der Waals surface area contributed by atoms with Crippen molar-refractivity contribution in [1.29, 1.82) is 0 Å². The molecule has 2 rings (SSSR count). The maximum Gasteiger partial charge on any atom is 0.340 e. The average Bonchev–Trinajstić information content (AvgIpc) is 2.70. The second-order valence-electron chi connectivity index (χ2n) is 8.66. The van der Waals surface area contributed by atoms with E-state index in [4.69, 9.17) is 20.9 Å². The minimum atomic E-state index is -0.424. The molecule has 4 N–H and O–H groups in total. The fourth-order valence-corrected chi connectivity index (χ4v) is 2.95. The van der Waals surface area contributed by atoms with Crippen molar-refractivity contribution in [3.8, 4) is 0 Å². The molecule has 0 saturated heterocycles. The van der Waals surface area contributed by atoms with Crippen LogP contribution in [0, 0.1) is 11.8 Å². The number of rotatable bonds is 10. The highest BCUT2D eigenvalue weighted by molar-refractivity contribution is 5.96. The highest BCUT2D eigenvalue weighted by Gasteiger charge is 2.15. The van der Waals surface area contributed by atoms with Gasteiger partial charge in [0.25, 0.3) is 0 Å². The van der Waals surface area contributed by atoms with Crippen molar-refractivity contribution >= 4 is 23.3 Å². The third-order valence-electron chi connectivity index (χ3n) is 4.94. The van der Waals surface area contributed by atoms with Crippen molar-refractivity contribution in [2.24, 2.45) is 11.8 Å². The molecule has 0 fully saturated rings. The van der Waals surface area contributed by atoms with Gasteiger partial charge >= 0.3 is 11.9 Å². The Labute approximate surface area is 184 Å². The number of hydrogen-bond donors (Lipinski definition) is 2. The van der Waals surface area contributed by atoms with Crippen LogP contribution in [0.3, 0.4) is 0 Å². The first-order chi connectivity index (χ1) is 14.7. The smallest absolute Gasteiger partial charge is 0.340 e. The van der Waals surface area contributed by atoms with Crippen molar-refractivity contribution < 1.29 is 19.1 Å². The van der Waals surface area contributed by atoms with Crippen LogP contribution in [0.1, 0.15) is 72.4 Å². The third kappa shape index (κ3) is 7.63. The topological polar surface area (TPSA) is 105 Å². The monoisotopic (exact) mass is 426 g/mol. The molecular weight excluding hydrogens is 392 g/mol. The molecule has 0 saturated carbocycles. The molecule has 0 aliphatic carbocycles. The Balaban J connectivity index is 2.12. The third-order valence-corrected chi connectivity index (χ3v) is 4.94. The summed E-state index contributed by atoms with van der Waals surface area (Å²) >= 11 is 0. The van der Waals surface area contributed by atoms with Crippen LogP contribution in [-0.2, 0) is 15.9 Å². The second kappa shape index (κ2) is 11.4. The number of benzene rings is 2. The minimum Gasteiger partial charge on any atom is -0.462 e. The molecule has 0 aliphatic rings. The molecule has 2 aromatic rings. The molecule has 0 aromatic heterocycles. The van der Waals surface area contributed by atoms with Gasteiger partial charge in [0.15, 0.2) is 0 Å². The van der Waals surface area contributed by atoms with Gasteiger partial charge in [0.05, 0.1) is 24.3 Å². The van der Waals surface area contributed by atoms with E-state index < -0.39 is 11.9 Å². The molecule has 0 aliphatic heterocycles. The molecule has 6 heteroatoms. The zero-order chi connectivity index (χ0) is 23.0. The molecule has 0 spiro atoms. The predicted octanol–water partition coefficient (Wildman–Crippen LogP) is 4.85. The first-order valence-electron chi connectivity index (χ1n) is 10.8. The maximum absolute atomic E-state index is 12.4. The van der Waals surface area contributed by atoms with Gasteiger partial charge < -0.3 is 20.9 Å². The van der Waals surface area contributed by atoms with E-state index in [0.29, 0.717) is 54.0 Å². The number of esters is 2. The van der Waals surface area contributed by atoms with Gasteiger partial charge in [-0.05, 0) is 66.5 Å². The number of hydrogen-bond acceptors (Lipinski definition) is 6. The van der Waals surface area contributed by atoms with E-state index in [1.165, 1.54) is 0 Å². The lowest BCUT2D eigenvalue weighted by Crippen LogP contribution is -2.12. The van der Waals surface area contributed by atoms with Crippen LogP contribution in [0.5, 0.6) is 0 Å². The van der Waals surface area contributed by atoms with Crippen molar-refractivity contribution in [2.75, 3.05) is 24.7 Å². The Morgan fingerprint density at radius 2 is 1.13 bits per heavy atom. The van der Waals surface area contributed by atoms with E-state index in [0.717, 1.165) is 24.0 Å². The maximum atomic E-state index is 12.4. The van der Waals surface area contributed by atoms with Gasteiger partial charge in [0.1, 0.15) is 0 Å². The SMILES string of the molecule is CC(C)CCOC(=O)c1cc(Cc2ccc(N)c(C(=O)OCCC(C)C)c2)ccc1N. The average molecular weight is 427 g/mol. The van der Waals surface area contributed by atoms with E-state index >= 15 is 0 Å². The number of ether oxygens (including phenoxy) is 2. The molecule has 0 unspecified atom stereocenters. The molecular formula is C25H34N2O4. The van der Waals surface area contributed by atoms with Gasteiger partial charge in [-0.25, -0.2) is 9.59 Å². The number of nitrogen functional groups attached to an aromatic ring is 2. The summed E-state index contributed by atoms with van der Waals surface area (Å²) in [6.45, 7) is 9.02. The summed E-state index contributed by atoms with van der Waals surface area (Å²) in [5.74, 6) is 0.0555. The standard InChI is InChI=1S/C25H34N2O4/c1-16(2)9-11-30-24(28)20-14-18(5-7-22(20)26)13-19-6-8-23(27)21(15-19)25(29)31-12-10-17(3)4/h5-8,14-17H,9-13,26-27H2,1-4H3. The van der Waals surface area contributed by atoms with Crippen LogP contribution in [-0.4, -0.2) is 25.2 Å². The largest absolute Gasteiger partial charge is 0.462 e. The molecule has 31 heavy (non-hydrogen) atoms. The highest BCUT2D eigenvalue weighted by atomic mass is 16.5. The quantitative estimate of drug-likeness (QED) is 0.416. The van der Waals surface area contributed by atoms with Gasteiger partial charge in [-0.15, -0.1) is 0 Å². The van der Waals surface area contributed by atoms with Gasteiger partial charge in [0.2, 0.25) is 0 Å². The van der Waals surface area contributed by atoms with Crippen LogP contribution in [0.15, 0.2) is 36.4 Å². The highest BCUT2D eigenvalue weighted by Crippen LogP contribution is 2.21. The van der Waals surface area contributed by atoms with Gasteiger partial charge in [-0.1, -0.05) is 39.8 Å². The lowest BCUT2D eigenvalue weighted by molar-refractivity contribution is 0.0479. The fraction of sp³-hybridized carbons (Fsp3) is 0.440. The molecule has 0 amide bonds. The Morgan fingerprint density at radius 1 is 0.742 bits per heavy atom. The molecule has 2 aromatic carbocycles. The normalized spacial score (nSPS) is 11.0. The summed E-state index contributed by atoms with van der Waals surface area (Å²) in [5.41, 5.74) is 15.2. The zero-order valence-corrected chi connectivity index (χ0v) is 18.9. The Bertz CT molecular complexity index is 833. The summed E-state index contributed by atoms with van der Waals surface area (Å²) in [6.07, 6.45) is 2.11. The van der Waals surface area contributed by atoms with Crippen molar-refractivity contribution in [1.82, 2.24) is 0 Å². The number of carbonyl (C=O) groups excluding carboxylic acids is 2. The second-order valence-corrected chi connectivity index (χ2v) is 8.66. The van der Waals surface area contributed by atoms with E-state index in [2.05, 4.69) is 27.7 Å². The Kier molecular flexibility index (Phi) is 8.91. The van der Waals surface area contributed by atoms with E-state index in [-0.39, 0.29) is 0 Å². The van der Waals surface area contributed by atoms with Gasteiger partial charge in [-0.2, -0.15) is 0 Å². The van der Waals surface area contributed by atoms with E-state index in [9.17, 15) is 9.59 Å². The van der Waals surface area contributed by atoms with Crippen molar-refractivity contribution in [3.63, 3.8) is 0 Å². The first kappa shape index (κ1) is 24.3. The number of carbonyl (C=O) groups is 2. The van der Waals surface area contributed by atoms with E-state index in [1.54, 1.807) is 24.3 Å². The molecule has 0 radical (unpaired) electrons. The van der Waals surface area contributed by atoms with Gasteiger partial charge in [-0.3, -0.25) is 0 Å². The summed E-state index contributed by atoms with van der Waals surface area (Å²) in [5, 5.41) is 0. The molecule has 6 nitrogen and oxygen atoms in total. The molecule has 168 valence electrons. The van der Waals surface area contributed by atoms with Crippen molar-refractivity contribution in [3.05, 3.63) is 58.7 Å². The van der Waals surface area contributed by atoms with Crippen LogP contribution < -0.4 is 11.5 Å². The number of nitrogens with two attached hydrogens (primary N) is 2. The fourth-order valence-electron chi connectivity index (χ4n) is 2.95.